The van der Waals surface area contributed by atoms with E-state index in [0.29, 0.717) is 0 Å². The second-order valence-electron chi connectivity index (χ2n) is 7.18. The van der Waals surface area contributed by atoms with E-state index in [1.807, 2.05) is 32.9 Å². The number of methoxy groups -OCH3 is 2. The Hall–Kier alpha value is -1.66. The Morgan fingerprint density at radius 2 is 1.61 bits per heavy atom. The molecule has 0 amide bonds. The van der Waals surface area contributed by atoms with Crippen LogP contribution in [0.5, 0.6) is 0 Å². The van der Waals surface area contributed by atoms with Gasteiger partial charge in [0.15, 0.2) is 0 Å². The SMILES string of the molecule is COC(=O)C1=C(C(=O)OC)[C@]2(C)O[C@]1(C)[C@H]1[C@H]2[C@]2(C)C=C[C@H]1O2. The van der Waals surface area contributed by atoms with E-state index in [9.17, 15) is 9.59 Å². The summed E-state index contributed by atoms with van der Waals surface area (Å²) in [5, 5.41) is 0. The Morgan fingerprint density at radius 3 is 2.17 bits per heavy atom. The second-order valence-corrected chi connectivity index (χ2v) is 7.18. The predicted molar refractivity (Wildman–Crippen MR) is 78.4 cm³/mol. The third-order valence-corrected chi connectivity index (χ3v) is 6.01. The van der Waals surface area contributed by atoms with Gasteiger partial charge < -0.3 is 18.9 Å². The van der Waals surface area contributed by atoms with Gasteiger partial charge in [-0.2, -0.15) is 0 Å². The molecule has 0 aromatic heterocycles. The van der Waals surface area contributed by atoms with Crippen LogP contribution in [0.1, 0.15) is 20.8 Å². The van der Waals surface area contributed by atoms with Gasteiger partial charge >= 0.3 is 11.9 Å². The van der Waals surface area contributed by atoms with Crippen molar-refractivity contribution >= 4 is 11.9 Å². The first-order valence-corrected chi connectivity index (χ1v) is 7.72. The van der Waals surface area contributed by atoms with E-state index < -0.39 is 28.7 Å². The van der Waals surface area contributed by atoms with E-state index >= 15 is 0 Å². The molecule has 4 rings (SSSR count). The molecule has 0 radical (unpaired) electrons. The van der Waals surface area contributed by atoms with Gasteiger partial charge in [0.25, 0.3) is 0 Å². The van der Waals surface area contributed by atoms with Crippen molar-refractivity contribution in [1.29, 1.82) is 0 Å². The molecule has 6 heteroatoms. The van der Waals surface area contributed by atoms with Crippen LogP contribution in [0.3, 0.4) is 0 Å². The number of hydrogen-bond donors (Lipinski definition) is 0. The molecule has 6 nitrogen and oxygen atoms in total. The van der Waals surface area contributed by atoms with Crippen molar-refractivity contribution in [1.82, 2.24) is 0 Å². The molecule has 0 aromatic rings. The molecule has 0 saturated carbocycles. The minimum absolute atomic E-state index is 0.0370. The fourth-order valence-electron chi connectivity index (χ4n) is 5.40. The Balaban J connectivity index is 1.97. The highest BCUT2D eigenvalue weighted by atomic mass is 16.6. The molecule has 0 aromatic carbocycles. The maximum Gasteiger partial charge on any atom is 0.337 e. The summed E-state index contributed by atoms with van der Waals surface area (Å²) in [7, 11) is 2.61. The largest absolute Gasteiger partial charge is 0.466 e. The van der Waals surface area contributed by atoms with Crippen molar-refractivity contribution < 1.29 is 28.5 Å². The highest BCUT2D eigenvalue weighted by Crippen LogP contribution is 2.69. The number of esters is 2. The predicted octanol–water partition coefficient (Wildman–Crippen LogP) is 1.15. The minimum Gasteiger partial charge on any atom is -0.466 e. The second kappa shape index (κ2) is 4.05. The summed E-state index contributed by atoms with van der Waals surface area (Å²) in [6.07, 6.45) is 3.92. The first kappa shape index (κ1) is 14.9. The van der Waals surface area contributed by atoms with Gasteiger partial charge in [-0.3, -0.25) is 0 Å². The van der Waals surface area contributed by atoms with E-state index in [0.717, 1.165) is 0 Å². The molecule has 0 spiro atoms. The van der Waals surface area contributed by atoms with Crippen molar-refractivity contribution in [3.8, 4) is 0 Å². The third kappa shape index (κ3) is 1.42. The lowest BCUT2D eigenvalue weighted by Gasteiger charge is -2.39. The quantitative estimate of drug-likeness (QED) is 0.561. The molecule has 4 aliphatic heterocycles. The van der Waals surface area contributed by atoms with Crippen LogP contribution in [0.15, 0.2) is 23.3 Å². The molecule has 0 N–H and O–H groups in total. The highest BCUT2D eigenvalue weighted by molar-refractivity contribution is 6.05. The molecule has 4 bridgehead atoms. The summed E-state index contributed by atoms with van der Waals surface area (Å²) in [4.78, 5) is 24.9. The number of ether oxygens (including phenoxy) is 4. The van der Waals surface area contributed by atoms with Gasteiger partial charge in [0.1, 0.15) is 11.2 Å². The van der Waals surface area contributed by atoms with Crippen LogP contribution in [0.25, 0.3) is 0 Å². The number of fused-ring (bicyclic) bond motifs is 9. The highest BCUT2D eigenvalue weighted by Gasteiger charge is 2.78. The fraction of sp³-hybridized carbons (Fsp3) is 0.647. The first-order chi connectivity index (χ1) is 10.7. The summed E-state index contributed by atoms with van der Waals surface area (Å²) in [5.41, 5.74) is -1.85. The van der Waals surface area contributed by atoms with Crippen LogP contribution in [0.2, 0.25) is 0 Å². The maximum absolute atomic E-state index is 12.5. The Morgan fingerprint density at radius 1 is 1.04 bits per heavy atom. The Labute approximate surface area is 134 Å². The van der Waals surface area contributed by atoms with E-state index in [-0.39, 0.29) is 29.1 Å². The van der Waals surface area contributed by atoms with Gasteiger partial charge in [0, 0.05) is 11.8 Å². The Kier molecular flexibility index (Phi) is 2.62. The number of carbonyl (C=O) groups is 2. The monoisotopic (exact) mass is 320 g/mol. The van der Waals surface area contributed by atoms with Gasteiger partial charge in [-0.05, 0) is 20.8 Å². The maximum atomic E-state index is 12.5. The lowest BCUT2D eigenvalue weighted by Crippen LogP contribution is -2.51. The van der Waals surface area contributed by atoms with Gasteiger partial charge in [0.2, 0.25) is 0 Å². The van der Waals surface area contributed by atoms with E-state index in [1.165, 1.54) is 14.2 Å². The van der Waals surface area contributed by atoms with Crippen LogP contribution in [0.4, 0.5) is 0 Å². The van der Waals surface area contributed by atoms with Crippen LogP contribution < -0.4 is 0 Å². The average Bonchev–Trinajstić information content (AvgIpc) is 3.16. The zero-order valence-corrected chi connectivity index (χ0v) is 13.8. The molecular formula is C17H20O6. The molecule has 4 heterocycles. The summed E-state index contributed by atoms with van der Waals surface area (Å²) < 4.78 is 22.3. The van der Waals surface area contributed by atoms with Gasteiger partial charge in [-0.25, -0.2) is 9.59 Å². The van der Waals surface area contributed by atoms with Gasteiger partial charge in [0.05, 0.1) is 37.1 Å². The normalized spacial score (nSPS) is 48.8. The number of rotatable bonds is 2. The molecule has 23 heavy (non-hydrogen) atoms. The van der Waals surface area contributed by atoms with Crippen LogP contribution in [-0.2, 0) is 28.5 Å². The molecular weight excluding hydrogens is 300 g/mol. The minimum atomic E-state index is -0.940. The first-order valence-electron chi connectivity index (χ1n) is 7.72. The topological polar surface area (TPSA) is 71.1 Å². The smallest absolute Gasteiger partial charge is 0.337 e. The van der Waals surface area contributed by atoms with E-state index in [2.05, 4.69) is 0 Å². The molecule has 4 aliphatic rings. The summed E-state index contributed by atoms with van der Waals surface area (Å²) in [6.45, 7) is 5.69. The van der Waals surface area contributed by atoms with Crippen LogP contribution in [-0.4, -0.2) is 49.1 Å². The fourth-order valence-corrected chi connectivity index (χ4v) is 5.40. The molecule has 0 unspecified atom stereocenters. The zero-order chi connectivity index (χ0) is 16.8. The number of hydrogen-bond acceptors (Lipinski definition) is 6. The Bertz CT molecular complexity index is 693. The van der Waals surface area contributed by atoms with Crippen LogP contribution >= 0.6 is 0 Å². The zero-order valence-electron chi connectivity index (χ0n) is 13.8. The number of carbonyl (C=O) groups excluding carboxylic acids is 2. The standard InChI is InChI=1S/C17H20O6/c1-15-7-6-8(22-15)9-12(15)17(3)11(14(19)21-5)10(13(18)20-4)16(9,2)23-17/h6-9,12H,1-5H3/t8-,9-,12+,15+,16-,17+/m1/s1. The van der Waals surface area contributed by atoms with Crippen molar-refractivity contribution in [2.24, 2.45) is 11.8 Å². The summed E-state index contributed by atoms with van der Waals surface area (Å²) in [5.74, 6) is -1.19. The lowest BCUT2D eigenvalue weighted by atomic mass is 9.58. The third-order valence-electron chi connectivity index (χ3n) is 6.01. The van der Waals surface area contributed by atoms with E-state index in [4.69, 9.17) is 18.9 Å². The molecule has 124 valence electrons. The van der Waals surface area contributed by atoms with Gasteiger partial charge in [-0.15, -0.1) is 0 Å². The molecule has 6 atom stereocenters. The van der Waals surface area contributed by atoms with E-state index in [1.54, 1.807) is 0 Å². The summed E-state index contributed by atoms with van der Waals surface area (Å²) >= 11 is 0. The average molecular weight is 320 g/mol. The van der Waals surface area contributed by atoms with Crippen molar-refractivity contribution in [3.05, 3.63) is 23.3 Å². The van der Waals surface area contributed by atoms with Crippen LogP contribution in [0, 0.1) is 11.8 Å². The molecule has 2 fully saturated rings. The van der Waals surface area contributed by atoms with Crippen molar-refractivity contribution in [2.75, 3.05) is 14.2 Å². The van der Waals surface area contributed by atoms with Gasteiger partial charge in [-0.1, -0.05) is 12.2 Å². The summed E-state index contributed by atoms with van der Waals surface area (Å²) in [6, 6.07) is 0. The lowest BCUT2D eigenvalue weighted by molar-refractivity contribution is -0.140. The molecule has 2 saturated heterocycles. The molecule has 0 aliphatic carbocycles. The van der Waals surface area contributed by atoms with Crippen molar-refractivity contribution in [3.63, 3.8) is 0 Å². The van der Waals surface area contributed by atoms with Crippen molar-refractivity contribution in [2.45, 2.75) is 43.7 Å².